The lowest BCUT2D eigenvalue weighted by molar-refractivity contribution is -0.343. The zero-order valence-electron chi connectivity index (χ0n) is 20.3. The molecule has 7 atom stereocenters. The molecule has 4 aliphatic rings. The number of rotatable bonds is 2. The number of ether oxygens (including phenoxy) is 2. The Labute approximate surface area is 192 Å². The van der Waals surface area contributed by atoms with Crippen LogP contribution >= 0.6 is 0 Å². The Morgan fingerprint density at radius 3 is 2.56 bits per heavy atom. The molecule has 32 heavy (non-hydrogen) atoms. The van der Waals surface area contributed by atoms with E-state index in [4.69, 9.17) is 9.47 Å². The lowest BCUT2D eigenvalue weighted by atomic mass is 9.42. The molecule has 0 unspecified atom stereocenters. The molecule has 6 rings (SSSR count). The summed E-state index contributed by atoms with van der Waals surface area (Å²) in [6, 6.07) is 8.52. The summed E-state index contributed by atoms with van der Waals surface area (Å²) in [6.07, 6.45) is 9.46. The first-order chi connectivity index (χ1) is 15.0. The SMILES string of the molecule is CC1(C)O[C@]23CC[C@]4(C)[C@H](CC[C@H](Cc5c[nH]c6ccccc56)[C@]4(C)O)[C@@]2(C)CC[C@H]1O3. The Balaban J connectivity index is 1.34. The molecule has 4 heteroatoms. The van der Waals surface area contributed by atoms with Gasteiger partial charge in [0.25, 0.3) is 0 Å². The van der Waals surface area contributed by atoms with Gasteiger partial charge in [-0.1, -0.05) is 32.0 Å². The van der Waals surface area contributed by atoms with E-state index in [1.807, 2.05) is 0 Å². The van der Waals surface area contributed by atoms with Crippen molar-refractivity contribution in [2.75, 3.05) is 0 Å². The van der Waals surface area contributed by atoms with Crippen molar-refractivity contribution in [3.8, 4) is 0 Å². The second-order valence-corrected chi connectivity index (χ2v) is 12.5. The number of hydrogen-bond acceptors (Lipinski definition) is 3. The summed E-state index contributed by atoms with van der Waals surface area (Å²) in [6.45, 7) is 11.3. The van der Waals surface area contributed by atoms with Gasteiger partial charge in [-0.25, -0.2) is 0 Å². The molecule has 2 bridgehead atoms. The minimum Gasteiger partial charge on any atom is -0.389 e. The standard InChI is InChI=1S/C28H39NO3/c1-24(2)23-12-13-26(4)22-11-10-19(16-18-17-29-21-9-7-6-8-20(18)21)27(5,30)25(22,3)14-15-28(26,31-23)32-24/h6-9,17,19,22-23,29-30H,10-16H2,1-5H3/t19-,22+,23-,25-,26-,27+,28-/m1/s1. The maximum absolute atomic E-state index is 12.2. The molecule has 3 heterocycles. The summed E-state index contributed by atoms with van der Waals surface area (Å²) < 4.78 is 13.5. The fourth-order valence-corrected chi connectivity index (χ4v) is 8.53. The normalized spacial score (nSPS) is 47.2. The van der Waals surface area contributed by atoms with Crippen molar-refractivity contribution in [1.29, 1.82) is 0 Å². The number of benzene rings is 1. The van der Waals surface area contributed by atoms with E-state index in [0.29, 0.717) is 5.92 Å². The first-order valence-electron chi connectivity index (χ1n) is 12.7. The second-order valence-electron chi connectivity index (χ2n) is 12.5. The van der Waals surface area contributed by atoms with E-state index in [1.165, 1.54) is 16.5 Å². The number of aromatic amines is 1. The number of fused-ring (bicyclic) bond motifs is 4. The number of nitrogens with one attached hydrogen (secondary N) is 1. The minimum atomic E-state index is -0.732. The maximum atomic E-state index is 12.2. The molecule has 1 spiro atoms. The molecule has 2 N–H and O–H groups in total. The Kier molecular flexibility index (Phi) is 4.24. The average Bonchev–Trinajstić information content (AvgIpc) is 3.24. The zero-order valence-corrected chi connectivity index (χ0v) is 20.3. The van der Waals surface area contributed by atoms with E-state index in [-0.39, 0.29) is 28.5 Å². The van der Waals surface area contributed by atoms with Crippen LogP contribution in [0.25, 0.3) is 10.9 Å². The third-order valence-corrected chi connectivity index (χ3v) is 10.7. The van der Waals surface area contributed by atoms with Crippen molar-refractivity contribution in [2.45, 2.75) is 103 Å². The molecule has 1 aromatic heterocycles. The number of para-hydroxylation sites is 1. The lowest BCUT2D eigenvalue weighted by Crippen LogP contribution is -2.69. The molecule has 2 aromatic rings. The Morgan fingerprint density at radius 1 is 0.969 bits per heavy atom. The molecule has 174 valence electrons. The van der Waals surface area contributed by atoms with Crippen LogP contribution in [0.5, 0.6) is 0 Å². The predicted molar refractivity (Wildman–Crippen MR) is 126 cm³/mol. The molecular formula is C28H39NO3. The van der Waals surface area contributed by atoms with E-state index in [1.54, 1.807) is 0 Å². The fourth-order valence-electron chi connectivity index (χ4n) is 8.53. The Bertz CT molecular complexity index is 1060. The van der Waals surface area contributed by atoms with Gasteiger partial charge in [-0.2, -0.15) is 0 Å². The van der Waals surface area contributed by atoms with Crippen LogP contribution in [0.1, 0.15) is 78.7 Å². The summed E-state index contributed by atoms with van der Waals surface area (Å²) in [5, 5.41) is 13.5. The molecule has 2 saturated carbocycles. The van der Waals surface area contributed by atoms with Crippen molar-refractivity contribution in [1.82, 2.24) is 4.98 Å². The third-order valence-electron chi connectivity index (χ3n) is 10.7. The molecule has 2 saturated heterocycles. The third kappa shape index (κ3) is 2.50. The first kappa shape index (κ1) is 21.2. The highest BCUT2D eigenvalue weighted by Gasteiger charge is 2.73. The highest BCUT2D eigenvalue weighted by molar-refractivity contribution is 5.83. The van der Waals surface area contributed by atoms with Crippen molar-refractivity contribution in [3.05, 3.63) is 36.0 Å². The van der Waals surface area contributed by atoms with Crippen molar-refractivity contribution < 1.29 is 14.6 Å². The van der Waals surface area contributed by atoms with Gasteiger partial charge in [0.05, 0.1) is 17.3 Å². The van der Waals surface area contributed by atoms with Crippen LogP contribution in [0, 0.1) is 22.7 Å². The van der Waals surface area contributed by atoms with Gasteiger partial charge in [0.1, 0.15) is 0 Å². The van der Waals surface area contributed by atoms with Gasteiger partial charge in [-0.15, -0.1) is 0 Å². The van der Waals surface area contributed by atoms with Crippen LogP contribution in [-0.2, 0) is 15.9 Å². The van der Waals surface area contributed by atoms with Crippen LogP contribution < -0.4 is 0 Å². The van der Waals surface area contributed by atoms with Gasteiger partial charge >= 0.3 is 0 Å². The minimum absolute atomic E-state index is 0.0555. The monoisotopic (exact) mass is 437 g/mol. The van der Waals surface area contributed by atoms with Crippen LogP contribution in [-0.4, -0.2) is 33.2 Å². The quantitative estimate of drug-likeness (QED) is 0.608. The van der Waals surface area contributed by atoms with E-state index in [0.717, 1.165) is 44.9 Å². The van der Waals surface area contributed by atoms with Crippen molar-refractivity contribution in [2.24, 2.45) is 22.7 Å². The van der Waals surface area contributed by atoms with Gasteiger partial charge in [-0.3, -0.25) is 0 Å². The van der Waals surface area contributed by atoms with Crippen molar-refractivity contribution in [3.63, 3.8) is 0 Å². The largest absolute Gasteiger partial charge is 0.389 e. The Morgan fingerprint density at radius 2 is 1.75 bits per heavy atom. The molecule has 2 aliphatic heterocycles. The molecule has 1 aromatic carbocycles. The van der Waals surface area contributed by atoms with Gasteiger partial charge in [0.2, 0.25) is 0 Å². The fraction of sp³-hybridized carbons (Fsp3) is 0.714. The number of hydrogen-bond donors (Lipinski definition) is 2. The van der Waals surface area contributed by atoms with Crippen LogP contribution in [0.2, 0.25) is 0 Å². The summed E-state index contributed by atoms with van der Waals surface area (Å²) >= 11 is 0. The summed E-state index contributed by atoms with van der Waals surface area (Å²) in [4.78, 5) is 3.42. The first-order valence-corrected chi connectivity index (χ1v) is 12.7. The topological polar surface area (TPSA) is 54.5 Å². The van der Waals surface area contributed by atoms with Crippen LogP contribution in [0.15, 0.2) is 30.5 Å². The van der Waals surface area contributed by atoms with E-state index in [9.17, 15) is 5.11 Å². The molecule has 4 nitrogen and oxygen atoms in total. The maximum Gasteiger partial charge on any atom is 0.175 e. The number of aliphatic hydroxyl groups is 1. The van der Waals surface area contributed by atoms with Gasteiger partial charge in [0, 0.05) is 34.4 Å². The highest BCUT2D eigenvalue weighted by atomic mass is 16.8. The molecule has 0 amide bonds. The Hall–Kier alpha value is -1.36. The average molecular weight is 438 g/mol. The van der Waals surface area contributed by atoms with Gasteiger partial charge in [-0.05, 0) is 82.8 Å². The van der Waals surface area contributed by atoms with E-state index < -0.39 is 11.4 Å². The number of H-pyrrole nitrogens is 1. The predicted octanol–water partition coefficient (Wildman–Crippen LogP) is 5.98. The molecule has 4 fully saturated rings. The van der Waals surface area contributed by atoms with Gasteiger partial charge < -0.3 is 19.6 Å². The second kappa shape index (κ2) is 6.40. The zero-order chi connectivity index (χ0) is 22.6. The summed E-state index contributed by atoms with van der Waals surface area (Å²) in [5.41, 5.74) is 1.36. The molecule has 0 radical (unpaired) electrons. The smallest absolute Gasteiger partial charge is 0.175 e. The van der Waals surface area contributed by atoms with E-state index in [2.05, 4.69) is 70.1 Å². The highest BCUT2D eigenvalue weighted by Crippen LogP contribution is 2.71. The van der Waals surface area contributed by atoms with Gasteiger partial charge in [0.15, 0.2) is 5.79 Å². The van der Waals surface area contributed by atoms with Crippen molar-refractivity contribution >= 4 is 10.9 Å². The molecule has 2 aliphatic carbocycles. The lowest BCUT2D eigenvalue weighted by Gasteiger charge is -2.67. The van der Waals surface area contributed by atoms with Crippen LogP contribution in [0.3, 0.4) is 0 Å². The molecular weight excluding hydrogens is 398 g/mol. The van der Waals surface area contributed by atoms with Crippen LogP contribution in [0.4, 0.5) is 0 Å². The summed E-state index contributed by atoms with van der Waals surface area (Å²) in [5.74, 6) is 0.162. The summed E-state index contributed by atoms with van der Waals surface area (Å²) in [7, 11) is 0. The number of aromatic nitrogens is 1. The van der Waals surface area contributed by atoms with E-state index >= 15 is 0 Å².